The first kappa shape index (κ1) is 19.5. The molecular weight excluding hydrogens is 345 g/mol. The Kier molecular flexibility index (Phi) is 6.79. The van der Waals surface area contributed by atoms with Crippen LogP contribution in [-0.2, 0) is 19.5 Å². The van der Waals surface area contributed by atoms with Crippen LogP contribution in [0.25, 0.3) is 0 Å². The standard InChI is InChI=1S/C21H30FN3S/c1-4-21-23-19(15-26-21)13-24-10-5-11-25(20(14-24)16(2)3)12-17-6-8-18(22)9-7-17/h6-9,15-16,20H,4-5,10-14H2,1-3H3. The Hall–Kier alpha value is -1.30. The van der Waals surface area contributed by atoms with Crippen molar-refractivity contribution in [3.05, 3.63) is 51.7 Å². The monoisotopic (exact) mass is 375 g/mol. The Morgan fingerprint density at radius 2 is 1.96 bits per heavy atom. The van der Waals surface area contributed by atoms with E-state index in [0.29, 0.717) is 12.0 Å². The van der Waals surface area contributed by atoms with Gasteiger partial charge in [0.1, 0.15) is 5.82 Å². The van der Waals surface area contributed by atoms with Gasteiger partial charge in [0.2, 0.25) is 0 Å². The van der Waals surface area contributed by atoms with E-state index in [1.54, 1.807) is 23.5 Å². The minimum absolute atomic E-state index is 0.161. The highest BCUT2D eigenvalue weighted by molar-refractivity contribution is 7.09. The zero-order valence-electron chi connectivity index (χ0n) is 16.1. The number of nitrogens with zero attached hydrogens (tertiary/aromatic N) is 3. The molecule has 1 aromatic carbocycles. The van der Waals surface area contributed by atoms with Gasteiger partial charge in [0.05, 0.1) is 10.7 Å². The molecule has 3 nitrogen and oxygen atoms in total. The van der Waals surface area contributed by atoms with E-state index in [-0.39, 0.29) is 5.82 Å². The van der Waals surface area contributed by atoms with Gasteiger partial charge in [0.15, 0.2) is 0 Å². The molecule has 2 heterocycles. The summed E-state index contributed by atoms with van der Waals surface area (Å²) in [5.41, 5.74) is 2.40. The largest absolute Gasteiger partial charge is 0.296 e. The molecule has 0 saturated carbocycles. The molecule has 1 saturated heterocycles. The Morgan fingerprint density at radius 1 is 1.19 bits per heavy atom. The predicted octanol–water partition coefficient (Wildman–Crippen LogP) is 4.58. The first-order valence-electron chi connectivity index (χ1n) is 9.69. The fraction of sp³-hybridized carbons (Fsp3) is 0.571. The molecule has 1 atom stereocenters. The van der Waals surface area contributed by atoms with Crippen molar-refractivity contribution in [1.82, 2.24) is 14.8 Å². The second-order valence-corrected chi connectivity index (χ2v) is 8.53. The fourth-order valence-electron chi connectivity index (χ4n) is 3.74. The van der Waals surface area contributed by atoms with Crippen LogP contribution in [0.4, 0.5) is 4.39 Å². The van der Waals surface area contributed by atoms with Gasteiger partial charge in [0.25, 0.3) is 0 Å². The third-order valence-electron chi connectivity index (χ3n) is 5.19. The highest BCUT2D eigenvalue weighted by Gasteiger charge is 2.27. The second-order valence-electron chi connectivity index (χ2n) is 7.58. The minimum Gasteiger partial charge on any atom is -0.296 e. The van der Waals surface area contributed by atoms with Crippen molar-refractivity contribution >= 4 is 11.3 Å². The fourth-order valence-corrected chi connectivity index (χ4v) is 4.48. The lowest BCUT2D eigenvalue weighted by Crippen LogP contribution is -2.43. The van der Waals surface area contributed by atoms with Gasteiger partial charge in [-0.2, -0.15) is 0 Å². The van der Waals surface area contributed by atoms with Crippen LogP contribution in [0.3, 0.4) is 0 Å². The molecule has 3 rings (SSSR count). The number of rotatable bonds is 6. The SMILES string of the molecule is CCc1nc(CN2CCCN(Cc3ccc(F)cc3)C(C(C)C)C2)cs1. The number of aryl methyl sites for hydroxylation is 1. The van der Waals surface area contributed by atoms with Gasteiger partial charge < -0.3 is 0 Å². The van der Waals surface area contributed by atoms with Gasteiger partial charge in [-0.3, -0.25) is 9.80 Å². The van der Waals surface area contributed by atoms with Crippen LogP contribution in [0.15, 0.2) is 29.6 Å². The summed E-state index contributed by atoms with van der Waals surface area (Å²) >= 11 is 1.78. The number of hydrogen-bond acceptors (Lipinski definition) is 4. The van der Waals surface area contributed by atoms with Gasteiger partial charge in [-0.05, 0) is 43.0 Å². The lowest BCUT2D eigenvalue weighted by atomic mass is 10.0. The molecule has 142 valence electrons. The summed E-state index contributed by atoms with van der Waals surface area (Å²) in [4.78, 5) is 9.89. The van der Waals surface area contributed by atoms with Crippen LogP contribution >= 0.6 is 11.3 Å². The number of thiazole rings is 1. The molecule has 26 heavy (non-hydrogen) atoms. The normalized spacial score (nSPS) is 19.8. The van der Waals surface area contributed by atoms with E-state index < -0.39 is 0 Å². The summed E-state index contributed by atoms with van der Waals surface area (Å²) in [6.07, 6.45) is 2.18. The molecule has 1 fully saturated rings. The maximum Gasteiger partial charge on any atom is 0.123 e. The van der Waals surface area contributed by atoms with E-state index in [1.165, 1.54) is 16.3 Å². The van der Waals surface area contributed by atoms with E-state index in [4.69, 9.17) is 4.98 Å². The Bertz CT molecular complexity index is 683. The summed E-state index contributed by atoms with van der Waals surface area (Å²) < 4.78 is 13.2. The summed E-state index contributed by atoms with van der Waals surface area (Å²) in [5, 5.41) is 3.44. The van der Waals surface area contributed by atoms with E-state index in [1.807, 2.05) is 12.1 Å². The van der Waals surface area contributed by atoms with E-state index in [9.17, 15) is 4.39 Å². The van der Waals surface area contributed by atoms with Crippen LogP contribution in [0.2, 0.25) is 0 Å². The van der Waals surface area contributed by atoms with Crippen molar-refractivity contribution in [3.8, 4) is 0 Å². The highest BCUT2D eigenvalue weighted by atomic mass is 32.1. The molecule has 0 spiro atoms. The number of aromatic nitrogens is 1. The Morgan fingerprint density at radius 3 is 2.62 bits per heavy atom. The Balaban J connectivity index is 1.67. The van der Waals surface area contributed by atoms with Crippen LogP contribution in [0.5, 0.6) is 0 Å². The first-order valence-corrected chi connectivity index (χ1v) is 10.6. The van der Waals surface area contributed by atoms with Crippen molar-refractivity contribution in [1.29, 1.82) is 0 Å². The average molecular weight is 376 g/mol. The number of halogens is 1. The van der Waals surface area contributed by atoms with Gasteiger partial charge in [-0.15, -0.1) is 11.3 Å². The smallest absolute Gasteiger partial charge is 0.123 e. The molecule has 1 aliphatic heterocycles. The summed E-state index contributed by atoms with van der Waals surface area (Å²) in [5.74, 6) is 0.420. The second kappa shape index (κ2) is 9.07. The van der Waals surface area contributed by atoms with Gasteiger partial charge in [-0.1, -0.05) is 32.9 Å². The molecule has 1 aliphatic rings. The van der Waals surface area contributed by atoms with Crippen molar-refractivity contribution < 1.29 is 4.39 Å². The van der Waals surface area contributed by atoms with Crippen molar-refractivity contribution in [2.24, 2.45) is 5.92 Å². The van der Waals surface area contributed by atoms with E-state index in [0.717, 1.165) is 45.6 Å². The molecule has 2 aromatic rings. The van der Waals surface area contributed by atoms with Crippen LogP contribution in [0, 0.1) is 11.7 Å². The van der Waals surface area contributed by atoms with Crippen molar-refractivity contribution in [3.63, 3.8) is 0 Å². The maximum absolute atomic E-state index is 13.2. The molecule has 0 radical (unpaired) electrons. The molecule has 5 heteroatoms. The van der Waals surface area contributed by atoms with Crippen LogP contribution < -0.4 is 0 Å². The molecule has 1 aromatic heterocycles. The van der Waals surface area contributed by atoms with Gasteiger partial charge >= 0.3 is 0 Å². The first-order chi connectivity index (χ1) is 12.5. The third-order valence-corrected chi connectivity index (χ3v) is 6.23. The zero-order valence-corrected chi connectivity index (χ0v) is 16.9. The molecule has 0 amide bonds. The molecular formula is C21H30FN3S. The minimum atomic E-state index is -0.161. The Labute approximate surface area is 160 Å². The van der Waals surface area contributed by atoms with E-state index in [2.05, 4.69) is 36.0 Å². The summed E-state index contributed by atoms with van der Waals surface area (Å²) in [6, 6.07) is 7.47. The number of benzene rings is 1. The van der Waals surface area contributed by atoms with Crippen molar-refractivity contribution in [2.45, 2.75) is 52.7 Å². The quantitative estimate of drug-likeness (QED) is 0.737. The molecule has 1 unspecified atom stereocenters. The lowest BCUT2D eigenvalue weighted by Gasteiger charge is -2.34. The highest BCUT2D eigenvalue weighted by Crippen LogP contribution is 2.22. The average Bonchev–Trinajstić information content (AvgIpc) is 2.98. The topological polar surface area (TPSA) is 19.4 Å². The van der Waals surface area contributed by atoms with Crippen LogP contribution in [0.1, 0.15) is 43.5 Å². The maximum atomic E-state index is 13.2. The zero-order chi connectivity index (χ0) is 18.5. The van der Waals surface area contributed by atoms with Crippen molar-refractivity contribution in [2.75, 3.05) is 19.6 Å². The summed E-state index contributed by atoms with van der Waals surface area (Å²) in [7, 11) is 0. The molecule has 0 aliphatic carbocycles. The van der Waals surface area contributed by atoms with E-state index >= 15 is 0 Å². The number of hydrogen-bond donors (Lipinski definition) is 0. The lowest BCUT2D eigenvalue weighted by molar-refractivity contribution is 0.130. The summed E-state index contributed by atoms with van der Waals surface area (Å²) in [6.45, 7) is 11.9. The van der Waals surface area contributed by atoms with Gasteiger partial charge in [0, 0.05) is 37.6 Å². The third kappa shape index (κ3) is 5.12. The van der Waals surface area contributed by atoms with Gasteiger partial charge in [-0.25, -0.2) is 9.37 Å². The molecule has 0 N–H and O–H groups in total. The van der Waals surface area contributed by atoms with Crippen LogP contribution in [-0.4, -0.2) is 40.5 Å². The predicted molar refractivity (Wildman–Crippen MR) is 107 cm³/mol. The molecule has 0 bridgehead atoms.